The van der Waals surface area contributed by atoms with Gasteiger partial charge >= 0.3 is 0 Å². The minimum absolute atomic E-state index is 0.0181. The number of aromatic nitrogens is 1. The van der Waals surface area contributed by atoms with E-state index >= 15 is 0 Å². The van der Waals surface area contributed by atoms with Gasteiger partial charge in [0, 0.05) is 31.5 Å². The lowest BCUT2D eigenvalue weighted by Crippen LogP contribution is -2.37. The van der Waals surface area contributed by atoms with E-state index in [1.54, 1.807) is 18.5 Å². The summed E-state index contributed by atoms with van der Waals surface area (Å²) in [5.74, 6) is 0.433. The lowest BCUT2D eigenvalue weighted by Gasteiger charge is -2.31. The van der Waals surface area contributed by atoms with Crippen molar-refractivity contribution in [2.75, 3.05) is 19.8 Å². The first kappa shape index (κ1) is 15.7. The van der Waals surface area contributed by atoms with Crippen molar-refractivity contribution in [2.24, 2.45) is 5.92 Å². The second kappa shape index (κ2) is 7.38. The zero-order valence-corrected chi connectivity index (χ0v) is 13.4. The van der Waals surface area contributed by atoms with E-state index in [1.165, 1.54) is 0 Å². The number of rotatable bonds is 5. The van der Waals surface area contributed by atoms with Crippen LogP contribution in [0, 0.1) is 5.92 Å². The van der Waals surface area contributed by atoms with Crippen LogP contribution in [0.2, 0.25) is 0 Å². The van der Waals surface area contributed by atoms with Gasteiger partial charge in [0.25, 0.3) is 5.91 Å². The Balaban J connectivity index is 1.85. The van der Waals surface area contributed by atoms with Crippen molar-refractivity contribution in [3.63, 3.8) is 0 Å². The molecule has 1 aliphatic heterocycles. The molecule has 0 saturated carbocycles. The molecule has 1 saturated heterocycles. The first-order chi connectivity index (χ1) is 11.3. The van der Waals surface area contributed by atoms with E-state index in [0.717, 1.165) is 25.2 Å². The molecule has 3 rings (SSSR count). The van der Waals surface area contributed by atoms with Crippen LogP contribution in [0.4, 0.5) is 0 Å². The molecule has 4 heteroatoms. The maximum atomic E-state index is 13.0. The van der Waals surface area contributed by atoms with Crippen LogP contribution in [-0.4, -0.2) is 35.5 Å². The van der Waals surface area contributed by atoms with Gasteiger partial charge < -0.3 is 9.64 Å². The average molecular weight is 310 g/mol. The zero-order valence-electron chi connectivity index (χ0n) is 13.4. The summed E-state index contributed by atoms with van der Waals surface area (Å²) in [4.78, 5) is 19.0. The molecule has 1 aliphatic rings. The predicted molar refractivity (Wildman–Crippen MR) is 89.1 cm³/mol. The standard InChI is InChI=1S/C19H22N2O2/c1-15(17-6-3-2-4-7-17)21(13-16-9-11-23-14-16)19(22)18-8-5-10-20-12-18/h2-8,10,12,15-16H,9,11,13-14H2,1H3. The molecule has 1 fully saturated rings. The highest BCUT2D eigenvalue weighted by molar-refractivity contribution is 5.94. The Kier molecular flexibility index (Phi) is 5.03. The van der Waals surface area contributed by atoms with Gasteiger partial charge in [-0.3, -0.25) is 9.78 Å². The van der Waals surface area contributed by atoms with E-state index in [2.05, 4.69) is 24.0 Å². The number of hydrogen-bond donors (Lipinski definition) is 0. The normalized spacial score (nSPS) is 18.6. The van der Waals surface area contributed by atoms with Gasteiger partial charge in [-0.05, 0) is 31.0 Å². The highest BCUT2D eigenvalue weighted by atomic mass is 16.5. The highest BCUT2D eigenvalue weighted by Crippen LogP contribution is 2.25. The van der Waals surface area contributed by atoms with Crippen LogP contribution in [-0.2, 0) is 4.74 Å². The van der Waals surface area contributed by atoms with E-state index in [9.17, 15) is 4.79 Å². The number of hydrogen-bond acceptors (Lipinski definition) is 3. The van der Waals surface area contributed by atoms with Crippen LogP contribution in [0.25, 0.3) is 0 Å². The smallest absolute Gasteiger partial charge is 0.255 e. The van der Waals surface area contributed by atoms with Gasteiger partial charge in [-0.2, -0.15) is 0 Å². The SMILES string of the molecule is CC(c1ccccc1)N(CC1CCOC1)C(=O)c1cccnc1. The monoisotopic (exact) mass is 310 g/mol. The molecule has 1 aromatic heterocycles. The maximum Gasteiger partial charge on any atom is 0.255 e. The minimum atomic E-state index is 0.0181. The number of pyridine rings is 1. The first-order valence-electron chi connectivity index (χ1n) is 8.09. The van der Waals surface area contributed by atoms with Crippen molar-refractivity contribution in [3.05, 3.63) is 66.0 Å². The molecule has 23 heavy (non-hydrogen) atoms. The summed E-state index contributed by atoms with van der Waals surface area (Å²) in [6.07, 6.45) is 4.34. The number of carbonyl (C=O) groups excluding carboxylic acids is 1. The first-order valence-corrected chi connectivity index (χ1v) is 8.09. The molecule has 0 spiro atoms. The summed E-state index contributed by atoms with van der Waals surface area (Å²) in [5, 5.41) is 0. The summed E-state index contributed by atoms with van der Waals surface area (Å²) in [7, 11) is 0. The molecule has 0 aliphatic carbocycles. The third kappa shape index (κ3) is 3.77. The van der Waals surface area contributed by atoms with Crippen LogP contribution in [0.5, 0.6) is 0 Å². The molecule has 0 N–H and O–H groups in total. The van der Waals surface area contributed by atoms with Crippen LogP contribution in [0.3, 0.4) is 0 Å². The van der Waals surface area contributed by atoms with Gasteiger partial charge in [0.2, 0.25) is 0 Å². The molecule has 1 amide bonds. The van der Waals surface area contributed by atoms with Crippen LogP contribution in [0.15, 0.2) is 54.9 Å². The van der Waals surface area contributed by atoms with E-state index < -0.39 is 0 Å². The van der Waals surface area contributed by atoms with Gasteiger partial charge in [-0.15, -0.1) is 0 Å². The quantitative estimate of drug-likeness (QED) is 0.851. The van der Waals surface area contributed by atoms with E-state index in [0.29, 0.717) is 18.0 Å². The highest BCUT2D eigenvalue weighted by Gasteiger charge is 2.27. The summed E-state index contributed by atoms with van der Waals surface area (Å²) in [6, 6.07) is 13.8. The summed E-state index contributed by atoms with van der Waals surface area (Å²) < 4.78 is 5.48. The third-order valence-electron chi connectivity index (χ3n) is 4.40. The largest absolute Gasteiger partial charge is 0.381 e. The number of amides is 1. The Morgan fingerprint density at radius 2 is 2.13 bits per heavy atom. The van der Waals surface area contributed by atoms with E-state index in [4.69, 9.17) is 4.74 Å². The second-order valence-corrected chi connectivity index (χ2v) is 6.02. The van der Waals surface area contributed by atoms with Crippen molar-refractivity contribution < 1.29 is 9.53 Å². The molecular formula is C19H22N2O2. The molecule has 2 heterocycles. The van der Waals surface area contributed by atoms with Crippen molar-refractivity contribution in [2.45, 2.75) is 19.4 Å². The molecule has 2 aromatic rings. The number of ether oxygens (including phenoxy) is 1. The molecule has 2 unspecified atom stereocenters. The van der Waals surface area contributed by atoms with Gasteiger partial charge in [-0.1, -0.05) is 30.3 Å². The topological polar surface area (TPSA) is 42.4 Å². The summed E-state index contributed by atoms with van der Waals surface area (Å²) in [6.45, 7) is 4.32. The lowest BCUT2D eigenvalue weighted by atomic mass is 10.0. The van der Waals surface area contributed by atoms with E-state index in [-0.39, 0.29) is 11.9 Å². The zero-order chi connectivity index (χ0) is 16.1. The van der Waals surface area contributed by atoms with Crippen molar-refractivity contribution in [3.8, 4) is 0 Å². The van der Waals surface area contributed by atoms with Gasteiger partial charge in [-0.25, -0.2) is 0 Å². The summed E-state index contributed by atoms with van der Waals surface area (Å²) >= 11 is 0. The van der Waals surface area contributed by atoms with Crippen molar-refractivity contribution >= 4 is 5.91 Å². The maximum absolute atomic E-state index is 13.0. The number of nitrogens with zero attached hydrogens (tertiary/aromatic N) is 2. The molecule has 4 nitrogen and oxygen atoms in total. The Bertz CT molecular complexity index is 624. The van der Waals surface area contributed by atoms with Gasteiger partial charge in [0.15, 0.2) is 0 Å². The molecule has 120 valence electrons. The molecule has 1 aromatic carbocycles. The fourth-order valence-corrected chi connectivity index (χ4v) is 2.99. The Morgan fingerprint density at radius 1 is 1.30 bits per heavy atom. The fourth-order valence-electron chi connectivity index (χ4n) is 2.99. The van der Waals surface area contributed by atoms with Crippen LogP contribution >= 0.6 is 0 Å². The Hall–Kier alpha value is -2.20. The number of carbonyl (C=O) groups is 1. The third-order valence-corrected chi connectivity index (χ3v) is 4.40. The Morgan fingerprint density at radius 3 is 2.78 bits per heavy atom. The fraction of sp³-hybridized carbons (Fsp3) is 0.368. The van der Waals surface area contributed by atoms with Crippen molar-refractivity contribution in [1.29, 1.82) is 0 Å². The predicted octanol–water partition coefficient (Wildman–Crippen LogP) is 3.32. The second-order valence-electron chi connectivity index (χ2n) is 6.02. The van der Waals surface area contributed by atoms with Gasteiger partial charge in [0.05, 0.1) is 18.2 Å². The minimum Gasteiger partial charge on any atom is -0.381 e. The molecular weight excluding hydrogens is 288 g/mol. The Labute approximate surface area is 137 Å². The molecule has 0 radical (unpaired) electrons. The van der Waals surface area contributed by atoms with E-state index in [1.807, 2.05) is 29.2 Å². The summed E-state index contributed by atoms with van der Waals surface area (Å²) in [5.41, 5.74) is 1.78. The van der Waals surface area contributed by atoms with Gasteiger partial charge in [0.1, 0.15) is 0 Å². The van der Waals surface area contributed by atoms with Crippen LogP contribution in [0.1, 0.15) is 35.3 Å². The van der Waals surface area contributed by atoms with Crippen LogP contribution < -0.4 is 0 Å². The molecule has 0 bridgehead atoms. The van der Waals surface area contributed by atoms with Crippen molar-refractivity contribution in [1.82, 2.24) is 9.88 Å². The average Bonchev–Trinajstić information content (AvgIpc) is 3.13. The molecule has 2 atom stereocenters. The lowest BCUT2D eigenvalue weighted by molar-refractivity contribution is 0.0645. The number of benzene rings is 1.